The van der Waals surface area contributed by atoms with Crippen molar-refractivity contribution in [1.82, 2.24) is 9.80 Å². The van der Waals surface area contributed by atoms with Gasteiger partial charge in [-0.05, 0) is 36.7 Å². The summed E-state index contributed by atoms with van der Waals surface area (Å²) in [6, 6.07) is 16.3. The number of carbonyl (C=O) groups is 1. The van der Waals surface area contributed by atoms with Gasteiger partial charge in [0.2, 0.25) is 5.91 Å². The monoisotopic (exact) mass is 368 g/mol. The van der Waals surface area contributed by atoms with Crippen molar-refractivity contribution in [3.8, 4) is 11.5 Å². The lowest BCUT2D eigenvalue weighted by Crippen LogP contribution is -2.49. The van der Waals surface area contributed by atoms with Gasteiger partial charge in [-0.2, -0.15) is 0 Å². The van der Waals surface area contributed by atoms with Crippen LogP contribution < -0.4 is 9.47 Å². The van der Waals surface area contributed by atoms with Gasteiger partial charge in [0.25, 0.3) is 0 Å². The third-order valence-electron chi connectivity index (χ3n) is 5.16. The quantitative estimate of drug-likeness (QED) is 0.786. The third kappa shape index (κ3) is 4.61. The standard InChI is InChI=1S/C22H28N2O3/c1-23-13-14-24(19(16-23)18-7-5-4-6-8-18)22(25)12-10-17-9-11-20(26-2)21(15-17)27-3/h4-9,11,15,19H,10,12-14,16H2,1-3H3. The average molecular weight is 368 g/mol. The fraction of sp³-hybridized carbons (Fsp3) is 0.409. The molecule has 1 aliphatic heterocycles. The first-order valence-electron chi connectivity index (χ1n) is 9.36. The number of rotatable bonds is 6. The molecule has 1 atom stereocenters. The highest BCUT2D eigenvalue weighted by Crippen LogP contribution is 2.29. The van der Waals surface area contributed by atoms with Gasteiger partial charge in [0, 0.05) is 26.1 Å². The first kappa shape index (κ1) is 19.2. The van der Waals surface area contributed by atoms with Crippen LogP contribution in [0, 0.1) is 0 Å². The fourth-order valence-corrected chi connectivity index (χ4v) is 3.61. The van der Waals surface area contributed by atoms with Crippen molar-refractivity contribution in [3.05, 3.63) is 59.7 Å². The molecule has 5 heteroatoms. The number of likely N-dealkylation sites (N-methyl/N-ethyl adjacent to an activating group) is 1. The molecule has 0 aliphatic carbocycles. The Labute approximate surface area is 161 Å². The molecule has 144 valence electrons. The van der Waals surface area contributed by atoms with Crippen LogP contribution in [0.2, 0.25) is 0 Å². The molecule has 1 amide bonds. The number of hydrogen-bond donors (Lipinski definition) is 0. The normalized spacial score (nSPS) is 17.6. The Bertz CT molecular complexity index is 763. The molecule has 27 heavy (non-hydrogen) atoms. The highest BCUT2D eigenvalue weighted by Gasteiger charge is 2.29. The van der Waals surface area contributed by atoms with E-state index in [-0.39, 0.29) is 11.9 Å². The summed E-state index contributed by atoms with van der Waals surface area (Å²) in [5.74, 6) is 1.60. The molecule has 0 N–H and O–H groups in total. The molecular formula is C22H28N2O3. The maximum atomic E-state index is 13.0. The lowest BCUT2D eigenvalue weighted by atomic mass is 10.0. The smallest absolute Gasteiger partial charge is 0.223 e. The molecule has 0 aromatic heterocycles. The Morgan fingerprint density at radius 2 is 1.78 bits per heavy atom. The lowest BCUT2D eigenvalue weighted by Gasteiger charge is -2.40. The number of methoxy groups -OCH3 is 2. The van der Waals surface area contributed by atoms with Crippen molar-refractivity contribution in [2.45, 2.75) is 18.9 Å². The molecule has 1 unspecified atom stereocenters. The second-order valence-corrected chi connectivity index (χ2v) is 6.97. The van der Waals surface area contributed by atoms with Gasteiger partial charge in [0.05, 0.1) is 20.3 Å². The zero-order valence-electron chi connectivity index (χ0n) is 16.4. The van der Waals surface area contributed by atoms with Crippen LogP contribution in [0.1, 0.15) is 23.6 Å². The summed E-state index contributed by atoms with van der Waals surface area (Å²) >= 11 is 0. The largest absolute Gasteiger partial charge is 0.493 e. The van der Waals surface area contributed by atoms with Crippen LogP contribution in [0.25, 0.3) is 0 Å². The molecule has 0 radical (unpaired) electrons. The number of aryl methyl sites for hydroxylation is 1. The van der Waals surface area contributed by atoms with E-state index in [2.05, 4.69) is 24.1 Å². The molecule has 1 heterocycles. The summed E-state index contributed by atoms with van der Waals surface area (Å²) in [4.78, 5) is 17.3. The Kier molecular flexibility index (Phi) is 6.35. The minimum Gasteiger partial charge on any atom is -0.493 e. The van der Waals surface area contributed by atoms with Crippen LogP contribution >= 0.6 is 0 Å². The Morgan fingerprint density at radius 1 is 1.04 bits per heavy atom. The zero-order valence-corrected chi connectivity index (χ0v) is 16.4. The Morgan fingerprint density at radius 3 is 2.48 bits per heavy atom. The number of nitrogens with zero attached hydrogens (tertiary/aromatic N) is 2. The van der Waals surface area contributed by atoms with E-state index in [9.17, 15) is 4.79 Å². The van der Waals surface area contributed by atoms with Gasteiger partial charge >= 0.3 is 0 Å². The second kappa shape index (κ2) is 8.91. The van der Waals surface area contributed by atoms with E-state index in [4.69, 9.17) is 9.47 Å². The number of hydrogen-bond acceptors (Lipinski definition) is 4. The van der Waals surface area contributed by atoms with Crippen molar-refractivity contribution < 1.29 is 14.3 Å². The maximum absolute atomic E-state index is 13.0. The van der Waals surface area contributed by atoms with Crippen molar-refractivity contribution in [3.63, 3.8) is 0 Å². The number of benzene rings is 2. The van der Waals surface area contributed by atoms with Crippen molar-refractivity contribution in [2.24, 2.45) is 0 Å². The molecule has 1 fully saturated rings. The van der Waals surface area contributed by atoms with Gasteiger partial charge in [-0.3, -0.25) is 4.79 Å². The van der Waals surface area contributed by atoms with E-state index in [0.717, 1.165) is 25.2 Å². The van der Waals surface area contributed by atoms with Gasteiger partial charge in [-0.1, -0.05) is 36.4 Å². The van der Waals surface area contributed by atoms with Crippen LogP contribution in [-0.4, -0.2) is 56.6 Å². The third-order valence-corrected chi connectivity index (χ3v) is 5.16. The summed E-state index contributed by atoms with van der Waals surface area (Å²) in [5.41, 5.74) is 2.27. The molecule has 2 aromatic carbocycles. The van der Waals surface area contributed by atoms with E-state index in [0.29, 0.717) is 24.3 Å². The first-order valence-corrected chi connectivity index (χ1v) is 9.36. The Balaban J connectivity index is 1.69. The predicted octanol–water partition coefficient (Wildman–Crippen LogP) is 3.15. The van der Waals surface area contributed by atoms with E-state index in [1.807, 2.05) is 41.3 Å². The van der Waals surface area contributed by atoms with Gasteiger partial charge in [0.1, 0.15) is 0 Å². The van der Waals surface area contributed by atoms with Crippen molar-refractivity contribution >= 4 is 5.91 Å². The first-order chi connectivity index (χ1) is 13.1. The summed E-state index contributed by atoms with van der Waals surface area (Å²) in [6.07, 6.45) is 1.18. The number of piperazine rings is 1. The van der Waals surface area contributed by atoms with Crippen molar-refractivity contribution in [2.75, 3.05) is 40.9 Å². The molecule has 0 bridgehead atoms. The molecular weight excluding hydrogens is 340 g/mol. The summed E-state index contributed by atoms with van der Waals surface area (Å²) in [6.45, 7) is 2.54. The molecule has 3 rings (SSSR count). The molecule has 0 saturated carbocycles. The molecule has 5 nitrogen and oxygen atoms in total. The highest BCUT2D eigenvalue weighted by molar-refractivity contribution is 5.77. The van der Waals surface area contributed by atoms with Crippen LogP contribution in [0.3, 0.4) is 0 Å². The minimum absolute atomic E-state index is 0.114. The molecule has 1 saturated heterocycles. The second-order valence-electron chi connectivity index (χ2n) is 6.97. The number of ether oxygens (including phenoxy) is 2. The number of amides is 1. The topological polar surface area (TPSA) is 42.0 Å². The van der Waals surface area contributed by atoms with Crippen LogP contribution in [0.15, 0.2) is 48.5 Å². The molecule has 2 aromatic rings. The van der Waals surface area contributed by atoms with Gasteiger partial charge in [0.15, 0.2) is 11.5 Å². The van der Waals surface area contributed by atoms with Gasteiger partial charge in [-0.25, -0.2) is 0 Å². The predicted molar refractivity (Wildman–Crippen MR) is 106 cm³/mol. The van der Waals surface area contributed by atoms with Crippen molar-refractivity contribution in [1.29, 1.82) is 0 Å². The SMILES string of the molecule is COc1ccc(CCC(=O)N2CCN(C)CC2c2ccccc2)cc1OC. The van der Waals surface area contributed by atoms with E-state index in [1.54, 1.807) is 14.2 Å². The molecule has 0 spiro atoms. The van der Waals surface area contributed by atoms with E-state index >= 15 is 0 Å². The van der Waals surface area contributed by atoms with Crippen LogP contribution in [0.5, 0.6) is 11.5 Å². The van der Waals surface area contributed by atoms with Gasteiger partial charge in [-0.15, -0.1) is 0 Å². The summed E-state index contributed by atoms with van der Waals surface area (Å²) in [7, 11) is 5.36. The van der Waals surface area contributed by atoms with E-state index in [1.165, 1.54) is 5.56 Å². The fourth-order valence-electron chi connectivity index (χ4n) is 3.61. The summed E-state index contributed by atoms with van der Waals surface area (Å²) < 4.78 is 10.6. The zero-order chi connectivity index (χ0) is 19.2. The van der Waals surface area contributed by atoms with Gasteiger partial charge < -0.3 is 19.3 Å². The van der Waals surface area contributed by atoms with E-state index < -0.39 is 0 Å². The maximum Gasteiger partial charge on any atom is 0.223 e. The Hall–Kier alpha value is -2.53. The van der Waals surface area contributed by atoms with Crippen LogP contribution in [-0.2, 0) is 11.2 Å². The molecule has 1 aliphatic rings. The highest BCUT2D eigenvalue weighted by atomic mass is 16.5. The minimum atomic E-state index is 0.114. The number of carbonyl (C=O) groups excluding carboxylic acids is 1. The lowest BCUT2D eigenvalue weighted by molar-refractivity contribution is -0.136. The average Bonchev–Trinajstić information content (AvgIpc) is 2.72. The summed E-state index contributed by atoms with van der Waals surface area (Å²) in [5, 5.41) is 0. The van der Waals surface area contributed by atoms with Crippen LogP contribution in [0.4, 0.5) is 0 Å².